The number of carbonyl (C=O) groups is 1. The van der Waals surface area contributed by atoms with Crippen LogP contribution in [0, 0.1) is 0 Å². The van der Waals surface area contributed by atoms with E-state index in [0.29, 0.717) is 0 Å². The van der Waals surface area contributed by atoms with Gasteiger partial charge in [0.15, 0.2) is 0 Å². The molecule has 3 N–H and O–H groups in total. The van der Waals surface area contributed by atoms with Gasteiger partial charge in [0.2, 0.25) is 0 Å². The van der Waals surface area contributed by atoms with Crippen molar-refractivity contribution in [1.29, 1.82) is 0 Å². The molecule has 6 heavy (non-hydrogen) atoms. The Bertz CT molecular complexity index is 38.3. The third kappa shape index (κ3) is 134. The van der Waals surface area contributed by atoms with Gasteiger partial charge < -0.3 is 13.4 Å². The Hall–Kier alpha value is 0.690. The first-order valence-corrected chi connectivity index (χ1v) is 0.928. The van der Waals surface area contributed by atoms with Crippen molar-refractivity contribution in [3.05, 3.63) is 0 Å². The van der Waals surface area contributed by atoms with E-state index in [1.54, 1.807) is 0 Å². The van der Waals surface area contributed by atoms with Gasteiger partial charge in [0, 0.05) is 6.92 Å². The molecule has 0 fully saturated rings. The largest absolute Gasteiger partial charge is 2.00 e. The zero-order valence-electron chi connectivity index (χ0n) is 5.56. The maximum atomic E-state index is 9.00. The molecule has 0 aliphatic carbocycles. The van der Waals surface area contributed by atoms with E-state index >= 15 is 0 Å². The van der Waals surface area contributed by atoms with Gasteiger partial charge in [0.25, 0.3) is 5.97 Å². The molecule has 0 aromatic heterocycles. The van der Waals surface area contributed by atoms with Crippen LogP contribution in [0.3, 0.4) is 0 Å². The van der Waals surface area contributed by atoms with Crippen LogP contribution in [0.25, 0.3) is 0 Å². The minimum atomic E-state index is -0.833. The van der Waals surface area contributed by atoms with Crippen LogP contribution in [-0.2, 0) is 4.79 Å². The molecule has 0 aliphatic rings. The zero-order valence-corrected chi connectivity index (χ0v) is 5.77. The second-order valence-corrected chi connectivity index (χ2v) is 0.519. The third-order valence-electron chi connectivity index (χ3n) is 0. The van der Waals surface area contributed by atoms with Crippen molar-refractivity contribution in [2.75, 3.05) is 0 Å². The Labute approximate surface area is 68.6 Å². The van der Waals surface area contributed by atoms with E-state index in [1.807, 2.05) is 0 Å². The van der Waals surface area contributed by atoms with Crippen molar-refractivity contribution >= 4 is 43.7 Å². The minimum absolute atomic E-state index is 0. The topological polar surface area (TPSA) is 68.8 Å². The molecule has 4 heteroatoms. The minimum Gasteiger partial charge on any atom is -1.00 e. The van der Waals surface area contributed by atoms with E-state index in [4.69, 9.17) is 9.90 Å². The molecule has 0 spiro atoms. The summed E-state index contributed by atoms with van der Waals surface area (Å²) >= 11 is 0. The molecule has 0 saturated heterocycles. The second kappa shape index (κ2) is 9.19. The third-order valence-corrected chi connectivity index (χ3v) is 0. The van der Waals surface area contributed by atoms with Gasteiger partial charge in [-0.2, -0.15) is 0 Å². The van der Waals surface area contributed by atoms with E-state index in [-0.39, 0.29) is 46.1 Å². The van der Waals surface area contributed by atoms with Crippen molar-refractivity contribution in [3.8, 4) is 0 Å². The number of rotatable bonds is 0. The summed E-state index contributed by atoms with van der Waals surface area (Å²) in [6, 6.07) is 0. The van der Waals surface area contributed by atoms with Gasteiger partial charge in [0.05, 0.1) is 0 Å². The fourth-order valence-corrected chi connectivity index (χ4v) is 0. The molecule has 0 unspecified atom stereocenters. The fraction of sp³-hybridized carbons (Fsp3) is 0.500. The van der Waals surface area contributed by atoms with Crippen molar-refractivity contribution in [2.45, 2.75) is 6.92 Å². The summed E-state index contributed by atoms with van der Waals surface area (Å²) < 4.78 is 0. The van der Waals surface area contributed by atoms with E-state index in [9.17, 15) is 0 Å². The Morgan fingerprint density at radius 3 is 1.83 bits per heavy atom. The van der Waals surface area contributed by atoms with Crippen molar-refractivity contribution in [1.82, 2.24) is 0 Å². The second-order valence-electron chi connectivity index (χ2n) is 0.519. The Morgan fingerprint density at radius 2 is 1.83 bits per heavy atom. The normalized spacial score (nSPS) is 4.17. The first-order chi connectivity index (χ1) is 1.73. The molecule has 36 valence electrons. The summed E-state index contributed by atoms with van der Waals surface area (Å²) in [6.07, 6.45) is 0. The van der Waals surface area contributed by atoms with Crippen molar-refractivity contribution in [3.63, 3.8) is 0 Å². The van der Waals surface area contributed by atoms with Gasteiger partial charge >= 0.3 is 37.7 Å². The van der Waals surface area contributed by atoms with Gasteiger partial charge in [-0.25, -0.2) is 0 Å². The van der Waals surface area contributed by atoms with Gasteiger partial charge in [-0.15, -0.1) is 0 Å². The number of hydrogen-bond acceptors (Lipinski definition) is 1. The van der Waals surface area contributed by atoms with E-state index < -0.39 is 5.97 Å². The first-order valence-electron chi connectivity index (χ1n) is 0.928. The number of hydrogen-bond donors (Lipinski definition) is 1. The van der Waals surface area contributed by atoms with E-state index in [1.165, 1.54) is 0 Å². The summed E-state index contributed by atoms with van der Waals surface area (Å²) in [6.45, 7) is 1.08. The van der Waals surface area contributed by atoms with Crippen LogP contribution in [0.15, 0.2) is 0 Å². The maximum Gasteiger partial charge on any atom is 2.00 e. The average Bonchev–Trinajstić information content (AvgIpc) is 0.811. The van der Waals surface area contributed by atoms with Crippen molar-refractivity contribution < 1.29 is 18.2 Å². The fourth-order valence-electron chi connectivity index (χ4n) is 0. The standard InChI is InChI=1S/C2H4O2.Ca.H2O.2H/c1-2(3)4;;;;/h1H3,(H,3,4);;1H2;;/q;+2;;2*-1. The molecule has 0 amide bonds. The van der Waals surface area contributed by atoms with Crippen LogP contribution >= 0.6 is 0 Å². The Morgan fingerprint density at radius 1 is 1.83 bits per heavy atom. The van der Waals surface area contributed by atoms with Gasteiger partial charge in [0.1, 0.15) is 0 Å². The van der Waals surface area contributed by atoms with Gasteiger partial charge in [-0.05, 0) is 0 Å². The summed E-state index contributed by atoms with van der Waals surface area (Å²) in [4.78, 5) is 9.00. The molecule has 0 radical (unpaired) electrons. The molecule has 3 nitrogen and oxygen atoms in total. The molecule has 0 aromatic rings. The predicted molar refractivity (Wildman–Crippen MR) is 24.9 cm³/mol. The molecule has 0 atom stereocenters. The molecule has 0 saturated carbocycles. The summed E-state index contributed by atoms with van der Waals surface area (Å²) in [5, 5.41) is 7.42. The molecule has 0 rings (SSSR count). The molecule has 0 aliphatic heterocycles. The van der Waals surface area contributed by atoms with Crippen LogP contribution < -0.4 is 0 Å². The smallest absolute Gasteiger partial charge is 1.00 e. The van der Waals surface area contributed by atoms with E-state index in [0.717, 1.165) is 6.92 Å². The Balaban J connectivity index is -0.00000000750. The van der Waals surface area contributed by atoms with Crippen LogP contribution in [-0.4, -0.2) is 54.3 Å². The number of carboxylic acid groups (broad SMARTS) is 1. The zero-order chi connectivity index (χ0) is 3.58. The maximum absolute atomic E-state index is 9.00. The van der Waals surface area contributed by atoms with Crippen molar-refractivity contribution in [2.24, 2.45) is 0 Å². The predicted octanol–water partition coefficient (Wildman–Crippen LogP) is -0.890. The van der Waals surface area contributed by atoms with Crippen LogP contribution in [0.5, 0.6) is 0 Å². The molecular formula is C2H8CaO3. The van der Waals surface area contributed by atoms with Gasteiger partial charge in [-0.1, -0.05) is 0 Å². The first kappa shape index (κ1) is 15.9. The molecule has 0 heterocycles. The average molecular weight is 120 g/mol. The monoisotopic (exact) mass is 120 g/mol. The summed E-state index contributed by atoms with van der Waals surface area (Å²) in [5.41, 5.74) is 0. The SMILES string of the molecule is CC(=O)O.O.[Ca+2].[H-].[H-]. The molecule has 0 aromatic carbocycles. The summed E-state index contributed by atoms with van der Waals surface area (Å²) in [5.74, 6) is -0.833. The summed E-state index contributed by atoms with van der Waals surface area (Å²) in [7, 11) is 0. The Kier molecular flexibility index (Phi) is 24.4. The molecule has 0 bridgehead atoms. The van der Waals surface area contributed by atoms with Crippen LogP contribution in [0.2, 0.25) is 0 Å². The van der Waals surface area contributed by atoms with Crippen LogP contribution in [0.4, 0.5) is 0 Å². The molecular weight excluding hydrogens is 112 g/mol. The number of carboxylic acids is 1. The van der Waals surface area contributed by atoms with Crippen LogP contribution in [0.1, 0.15) is 9.78 Å². The van der Waals surface area contributed by atoms with Gasteiger partial charge in [-0.3, -0.25) is 4.79 Å². The quantitative estimate of drug-likeness (QED) is 0.421. The number of aliphatic carboxylic acids is 1. The van der Waals surface area contributed by atoms with E-state index in [2.05, 4.69) is 0 Å².